The summed E-state index contributed by atoms with van der Waals surface area (Å²) in [7, 11) is 4.43. The van der Waals surface area contributed by atoms with E-state index in [2.05, 4.69) is 23.9 Å². The maximum atomic E-state index is 6.36. The second-order valence-electron chi connectivity index (χ2n) is 5.77. The van der Waals surface area contributed by atoms with Crippen molar-refractivity contribution < 1.29 is 4.74 Å². The number of hydrogen-bond acceptors (Lipinski definition) is 4. The Morgan fingerprint density at radius 2 is 2.18 bits per heavy atom. The standard InChI is InChI=1S/C13H27N3O/c1-15-5-6-16(2)12(9-15)8-13(14)11-4-3-7-17-10-11/h11-13H,3-10,14H2,1-2H3. The summed E-state index contributed by atoms with van der Waals surface area (Å²) in [6, 6.07) is 0.917. The van der Waals surface area contributed by atoms with E-state index in [0.717, 1.165) is 32.7 Å². The maximum absolute atomic E-state index is 6.36. The van der Waals surface area contributed by atoms with Crippen molar-refractivity contribution in [1.29, 1.82) is 0 Å². The maximum Gasteiger partial charge on any atom is 0.0509 e. The fraction of sp³-hybridized carbons (Fsp3) is 1.00. The van der Waals surface area contributed by atoms with Crippen LogP contribution in [0.1, 0.15) is 19.3 Å². The molecule has 2 fully saturated rings. The van der Waals surface area contributed by atoms with E-state index in [1.54, 1.807) is 0 Å². The number of hydrogen-bond donors (Lipinski definition) is 1. The van der Waals surface area contributed by atoms with Crippen molar-refractivity contribution in [1.82, 2.24) is 9.80 Å². The molecular weight excluding hydrogens is 214 g/mol. The summed E-state index contributed by atoms with van der Waals surface area (Å²) in [6.07, 6.45) is 3.53. The lowest BCUT2D eigenvalue weighted by Crippen LogP contribution is -2.53. The van der Waals surface area contributed by atoms with Crippen molar-refractivity contribution in [3.63, 3.8) is 0 Å². The van der Waals surface area contributed by atoms with Gasteiger partial charge in [0.05, 0.1) is 6.61 Å². The molecule has 2 saturated heterocycles. The van der Waals surface area contributed by atoms with Crippen molar-refractivity contribution in [2.24, 2.45) is 11.7 Å². The van der Waals surface area contributed by atoms with Crippen molar-refractivity contribution in [3.05, 3.63) is 0 Å². The van der Waals surface area contributed by atoms with Gasteiger partial charge in [-0.3, -0.25) is 0 Å². The highest BCUT2D eigenvalue weighted by atomic mass is 16.5. The van der Waals surface area contributed by atoms with Crippen LogP contribution in [0.4, 0.5) is 0 Å². The highest BCUT2D eigenvalue weighted by Crippen LogP contribution is 2.21. The molecular formula is C13H27N3O. The Kier molecular flexibility index (Phi) is 4.79. The van der Waals surface area contributed by atoms with E-state index < -0.39 is 0 Å². The second-order valence-corrected chi connectivity index (χ2v) is 5.77. The van der Waals surface area contributed by atoms with Crippen LogP contribution in [0.5, 0.6) is 0 Å². The van der Waals surface area contributed by atoms with Gasteiger partial charge in [-0.15, -0.1) is 0 Å². The zero-order valence-corrected chi connectivity index (χ0v) is 11.3. The predicted molar refractivity (Wildman–Crippen MR) is 70.1 cm³/mol. The van der Waals surface area contributed by atoms with Gasteiger partial charge in [-0.25, -0.2) is 0 Å². The Labute approximate surface area is 105 Å². The van der Waals surface area contributed by atoms with Crippen LogP contribution in [-0.2, 0) is 4.74 Å². The van der Waals surface area contributed by atoms with Crippen LogP contribution < -0.4 is 5.73 Å². The molecule has 4 nitrogen and oxygen atoms in total. The zero-order chi connectivity index (χ0) is 12.3. The van der Waals surface area contributed by atoms with E-state index in [0.29, 0.717) is 18.0 Å². The number of nitrogens with zero attached hydrogens (tertiary/aromatic N) is 2. The molecule has 0 amide bonds. The Hall–Kier alpha value is -0.160. The SMILES string of the molecule is CN1CCN(C)C(CC(N)C2CCCOC2)C1. The van der Waals surface area contributed by atoms with E-state index >= 15 is 0 Å². The Balaban J connectivity index is 1.81. The van der Waals surface area contributed by atoms with Crippen LogP contribution in [0.15, 0.2) is 0 Å². The Bertz CT molecular complexity index is 231. The molecule has 2 aliphatic rings. The van der Waals surface area contributed by atoms with Crippen molar-refractivity contribution in [2.45, 2.75) is 31.3 Å². The van der Waals surface area contributed by atoms with E-state index in [4.69, 9.17) is 10.5 Å². The summed E-state index contributed by atoms with van der Waals surface area (Å²) in [5, 5.41) is 0. The van der Waals surface area contributed by atoms with Gasteiger partial charge in [0, 0.05) is 38.3 Å². The monoisotopic (exact) mass is 241 g/mol. The Morgan fingerprint density at radius 3 is 2.88 bits per heavy atom. The van der Waals surface area contributed by atoms with Crippen molar-refractivity contribution >= 4 is 0 Å². The lowest BCUT2D eigenvalue weighted by molar-refractivity contribution is 0.0337. The summed E-state index contributed by atoms with van der Waals surface area (Å²) in [5.41, 5.74) is 6.36. The van der Waals surface area contributed by atoms with Gasteiger partial charge in [0.2, 0.25) is 0 Å². The average molecular weight is 241 g/mol. The molecule has 17 heavy (non-hydrogen) atoms. The molecule has 0 bridgehead atoms. The minimum Gasteiger partial charge on any atom is -0.381 e. The van der Waals surface area contributed by atoms with Gasteiger partial charge in [0.1, 0.15) is 0 Å². The van der Waals surface area contributed by atoms with E-state index in [1.807, 2.05) is 0 Å². The molecule has 0 aliphatic carbocycles. The van der Waals surface area contributed by atoms with Crippen molar-refractivity contribution in [3.8, 4) is 0 Å². The van der Waals surface area contributed by atoms with Gasteiger partial charge in [0.15, 0.2) is 0 Å². The summed E-state index contributed by atoms with van der Waals surface area (Å²) >= 11 is 0. The third-order valence-electron chi connectivity index (χ3n) is 4.33. The molecule has 3 atom stereocenters. The highest BCUT2D eigenvalue weighted by Gasteiger charge is 2.28. The molecule has 3 unspecified atom stereocenters. The molecule has 2 aliphatic heterocycles. The van der Waals surface area contributed by atoms with Crippen LogP contribution in [0.25, 0.3) is 0 Å². The van der Waals surface area contributed by atoms with Crippen LogP contribution in [0, 0.1) is 5.92 Å². The van der Waals surface area contributed by atoms with Gasteiger partial charge < -0.3 is 20.3 Å². The van der Waals surface area contributed by atoms with Crippen LogP contribution in [0.2, 0.25) is 0 Å². The topological polar surface area (TPSA) is 41.7 Å². The third-order valence-corrected chi connectivity index (χ3v) is 4.33. The lowest BCUT2D eigenvalue weighted by atomic mass is 9.89. The number of nitrogens with two attached hydrogens (primary N) is 1. The molecule has 2 N–H and O–H groups in total. The highest BCUT2D eigenvalue weighted by molar-refractivity contribution is 4.85. The number of piperazine rings is 1. The zero-order valence-electron chi connectivity index (χ0n) is 11.3. The second kappa shape index (κ2) is 6.14. The van der Waals surface area contributed by atoms with Gasteiger partial charge in [-0.1, -0.05) is 0 Å². The fourth-order valence-corrected chi connectivity index (χ4v) is 2.97. The molecule has 0 radical (unpaired) electrons. The first kappa shape index (κ1) is 13.3. The van der Waals surface area contributed by atoms with E-state index in [9.17, 15) is 0 Å². The first-order valence-corrected chi connectivity index (χ1v) is 6.89. The molecule has 2 heterocycles. The number of likely N-dealkylation sites (N-methyl/N-ethyl adjacent to an activating group) is 2. The summed E-state index contributed by atoms with van der Waals surface area (Å²) in [6.45, 7) is 5.28. The van der Waals surface area contributed by atoms with Gasteiger partial charge in [-0.2, -0.15) is 0 Å². The summed E-state index contributed by atoms with van der Waals surface area (Å²) in [5.74, 6) is 0.574. The Morgan fingerprint density at radius 1 is 1.35 bits per heavy atom. The molecule has 2 rings (SSSR count). The molecule has 0 spiro atoms. The molecule has 0 aromatic carbocycles. The quantitative estimate of drug-likeness (QED) is 0.775. The van der Waals surface area contributed by atoms with Crippen LogP contribution >= 0.6 is 0 Å². The molecule has 0 aromatic heterocycles. The lowest BCUT2D eigenvalue weighted by Gasteiger charge is -2.40. The predicted octanol–water partition coefficient (Wildman–Crippen LogP) is 0.376. The normalized spacial score (nSPS) is 34.8. The largest absolute Gasteiger partial charge is 0.381 e. The third kappa shape index (κ3) is 3.65. The minimum atomic E-state index is 0.300. The number of ether oxygens (including phenoxy) is 1. The smallest absolute Gasteiger partial charge is 0.0509 e. The summed E-state index contributed by atoms with van der Waals surface area (Å²) < 4.78 is 5.54. The molecule has 0 aromatic rings. The van der Waals surface area contributed by atoms with E-state index in [1.165, 1.54) is 19.4 Å². The fourth-order valence-electron chi connectivity index (χ4n) is 2.97. The molecule has 0 saturated carbocycles. The van der Waals surface area contributed by atoms with E-state index in [-0.39, 0.29) is 0 Å². The van der Waals surface area contributed by atoms with Crippen molar-refractivity contribution in [2.75, 3.05) is 46.9 Å². The minimum absolute atomic E-state index is 0.300. The molecule has 100 valence electrons. The van der Waals surface area contributed by atoms with Crippen LogP contribution in [0.3, 0.4) is 0 Å². The van der Waals surface area contributed by atoms with Gasteiger partial charge >= 0.3 is 0 Å². The van der Waals surface area contributed by atoms with Gasteiger partial charge in [-0.05, 0) is 39.3 Å². The first-order chi connectivity index (χ1) is 8.16. The van der Waals surface area contributed by atoms with Crippen LogP contribution in [-0.4, -0.2) is 68.8 Å². The first-order valence-electron chi connectivity index (χ1n) is 6.89. The number of rotatable bonds is 3. The summed E-state index contributed by atoms with van der Waals surface area (Å²) in [4.78, 5) is 4.87. The van der Waals surface area contributed by atoms with Gasteiger partial charge in [0.25, 0.3) is 0 Å². The molecule has 4 heteroatoms. The average Bonchev–Trinajstić information content (AvgIpc) is 2.35.